The Balaban J connectivity index is 1.52. The van der Waals surface area contributed by atoms with Crippen molar-refractivity contribution in [3.05, 3.63) is 64.7 Å². The Morgan fingerprint density at radius 3 is 2.54 bits per heavy atom. The molecule has 0 atom stereocenters. The number of rotatable bonds is 7. The Bertz CT molecular complexity index is 757. The van der Waals surface area contributed by atoms with Gasteiger partial charge in [-0.3, -0.25) is 0 Å². The first-order valence-electron chi connectivity index (χ1n) is 9.93. The van der Waals surface area contributed by atoms with E-state index in [1.54, 1.807) is 0 Å². The number of anilines is 1. The van der Waals surface area contributed by atoms with E-state index < -0.39 is 0 Å². The van der Waals surface area contributed by atoms with Gasteiger partial charge in [0.05, 0.1) is 19.8 Å². The van der Waals surface area contributed by atoms with Gasteiger partial charge in [-0.1, -0.05) is 41.9 Å². The lowest BCUT2D eigenvalue weighted by molar-refractivity contribution is 0.122. The smallest absolute Gasteiger partial charge is 0.191 e. The minimum atomic E-state index is 0.644. The van der Waals surface area contributed by atoms with Gasteiger partial charge in [0.2, 0.25) is 0 Å². The van der Waals surface area contributed by atoms with Gasteiger partial charge >= 0.3 is 0 Å². The Hall–Kier alpha value is -2.24. The number of hydrogen-bond acceptors (Lipinski definition) is 3. The third-order valence-electron chi connectivity index (χ3n) is 4.72. The maximum absolute atomic E-state index is 6.23. The van der Waals surface area contributed by atoms with Crippen LogP contribution in [0.3, 0.4) is 0 Å². The molecule has 0 aromatic heterocycles. The van der Waals surface area contributed by atoms with Crippen LogP contribution in [0.25, 0.3) is 0 Å². The molecule has 2 N–H and O–H groups in total. The molecule has 1 saturated heterocycles. The van der Waals surface area contributed by atoms with E-state index in [-0.39, 0.29) is 0 Å². The molecule has 5 nitrogen and oxygen atoms in total. The largest absolute Gasteiger partial charge is 0.378 e. The van der Waals surface area contributed by atoms with Crippen molar-refractivity contribution in [1.82, 2.24) is 10.6 Å². The van der Waals surface area contributed by atoms with E-state index in [0.29, 0.717) is 6.54 Å². The summed E-state index contributed by atoms with van der Waals surface area (Å²) in [7, 11) is 0. The standard InChI is InChI=1S/C22H29ClN4O/c1-2-24-22(25-12-11-19-5-3-4-6-21(19)23)26-17-18-7-9-20(10-8-18)27-13-15-28-16-14-27/h3-10H,2,11-17H2,1H3,(H2,24,25,26). The molecule has 2 aromatic carbocycles. The molecule has 1 aliphatic rings. The summed E-state index contributed by atoms with van der Waals surface area (Å²) in [4.78, 5) is 7.07. The van der Waals surface area contributed by atoms with Crippen molar-refractivity contribution >= 4 is 23.2 Å². The van der Waals surface area contributed by atoms with E-state index in [1.165, 1.54) is 11.3 Å². The van der Waals surface area contributed by atoms with Crippen LogP contribution in [0, 0.1) is 0 Å². The normalized spacial score (nSPS) is 14.8. The fraction of sp³-hybridized carbons (Fsp3) is 0.409. The zero-order valence-corrected chi connectivity index (χ0v) is 17.2. The number of benzene rings is 2. The minimum absolute atomic E-state index is 0.644. The monoisotopic (exact) mass is 400 g/mol. The molecule has 0 bridgehead atoms. The van der Waals surface area contributed by atoms with Gasteiger partial charge in [0.1, 0.15) is 0 Å². The van der Waals surface area contributed by atoms with Crippen LogP contribution in [0.15, 0.2) is 53.5 Å². The van der Waals surface area contributed by atoms with Crippen LogP contribution in [-0.2, 0) is 17.7 Å². The maximum Gasteiger partial charge on any atom is 0.191 e. The van der Waals surface area contributed by atoms with Crippen LogP contribution in [0.4, 0.5) is 5.69 Å². The molecule has 0 unspecified atom stereocenters. The van der Waals surface area contributed by atoms with Crippen molar-refractivity contribution in [3.8, 4) is 0 Å². The minimum Gasteiger partial charge on any atom is -0.378 e. The second kappa shape index (κ2) is 10.9. The summed E-state index contributed by atoms with van der Waals surface area (Å²) < 4.78 is 5.42. The first-order chi connectivity index (χ1) is 13.8. The number of nitrogens with zero attached hydrogens (tertiary/aromatic N) is 2. The summed E-state index contributed by atoms with van der Waals surface area (Å²) in [5.41, 5.74) is 3.59. The Morgan fingerprint density at radius 1 is 1.07 bits per heavy atom. The van der Waals surface area contributed by atoms with E-state index in [2.05, 4.69) is 52.8 Å². The Kier molecular flexibility index (Phi) is 8.00. The molecular formula is C22H29ClN4O. The lowest BCUT2D eigenvalue weighted by atomic mass is 10.1. The van der Waals surface area contributed by atoms with Crippen molar-refractivity contribution in [2.45, 2.75) is 19.9 Å². The number of aliphatic imine (C=N–C) groups is 1. The fourth-order valence-electron chi connectivity index (χ4n) is 3.16. The molecule has 0 radical (unpaired) electrons. The Labute approximate surface area is 172 Å². The highest BCUT2D eigenvalue weighted by atomic mass is 35.5. The topological polar surface area (TPSA) is 48.9 Å². The van der Waals surface area contributed by atoms with Crippen LogP contribution in [0.5, 0.6) is 0 Å². The van der Waals surface area contributed by atoms with Crippen molar-refractivity contribution in [3.63, 3.8) is 0 Å². The van der Waals surface area contributed by atoms with Gasteiger partial charge in [-0.05, 0) is 42.7 Å². The maximum atomic E-state index is 6.23. The summed E-state index contributed by atoms with van der Waals surface area (Å²) in [6.45, 7) is 7.84. The molecule has 0 aliphatic carbocycles. The molecular weight excluding hydrogens is 372 g/mol. The highest BCUT2D eigenvalue weighted by molar-refractivity contribution is 6.31. The van der Waals surface area contributed by atoms with E-state index in [9.17, 15) is 0 Å². The van der Waals surface area contributed by atoms with Gasteiger partial charge in [0.15, 0.2) is 5.96 Å². The molecule has 1 heterocycles. The van der Waals surface area contributed by atoms with Crippen molar-refractivity contribution < 1.29 is 4.74 Å². The molecule has 0 spiro atoms. The third kappa shape index (κ3) is 6.14. The van der Waals surface area contributed by atoms with E-state index in [0.717, 1.165) is 62.4 Å². The zero-order chi connectivity index (χ0) is 19.6. The summed E-state index contributed by atoms with van der Waals surface area (Å²) in [5.74, 6) is 0.826. The van der Waals surface area contributed by atoms with Gasteiger partial charge in [-0.15, -0.1) is 0 Å². The molecule has 0 amide bonds. The molecule has 1 aliphatic heterocycles. The zero-order valence-electron chi connectivity index (χ0n) is 16.5. The Morgan fingerprint density at radius 2 is 1.82 bits per heavy atom. The second-order valence-corrected chi connectivity index (χ2v) is 7.14. The molecule has 3 rings (SSSR count). The average Bonchev–Trinajstić information content (AvgIpc) is 2.74. The average molecular weight is 401 g/mol. The SMILES string of the molecule is CCNC(=NCc1ccc(N2CCOCC2)cc1)NCCc1ccccc1Cl. The predicted octanol–water partition coefficient (Wildman–Crippen LogP) is 3.47. The van der Waals surface area contributed by atoms with Crippen molar-refractivity contribution in [1.29, 1.82) is 0 Å². The summed E-state index contributed by atoms with van der Waals surface area (Å²) in [6.07, 6.45) is 0.859. The first kappa shape index (κ1) is 20.5. The van der Waals surface area contributed by atoms with Crippen molar-refractivity contribution in [2.24, 2.45) is 4.99 Å². The lowest BCUT2D eigenvalue weighted by Gasteiger charge is -2.28. The van der Waals surface area contributed by atoms with Gasteiger partial charge in [0, 0.05) is 36.9 Å². The van der Waals surface area contributed by atoms with Gasteiger partial charge in [-0.2, -0.15) is 0 Å². The third-order valence-corrected chi connectivity index (χ3v) is 5.09. The fourth-order valence-corrected chi connectivity index (χ4v) is 3.39. The predicted molar refractivity (Wildman–Crippen MR) is 117 cm³/mol. The molecule has 2 aromatic rings. The molecule has 28 heavy (non-hydrogen) atoms. The quantitative estimate of drug-likeness (QED) is 0.552. The molecule has 150 valence electrons. The van der Waals surface area contributed by atoms with Gasteiger partial charge in [-0.25, -0.2) is 4.99 Å². The van der Waals surface area contributed by atoms with Crippen LogP contribution in [0.1, 0.15) is 18.1 Å². The number of guanidine groups is 1. The van der Waals surface area contributed by atoms with E-state index >= 15 is 0 Å². The van der Waals surface area contributed by atoms with Gasteiger partial charge in [0.25, 0.3) is 0 Å². The summed E-state index contributed by atoms with van der Waals surface area (Å²) >= 11 is 6.23. The summed E-state index contributed by atoms with van der Waals surface area (Å²) in [6, 6.07) is 16.6. The van der Waals surface area contributed by atoms with Crippen LogP contribution >= 0.6 is 11.6 Å². The molecule has 0 saturated carbocycles. The number of morpholine rings is 1. The number of hydrogen-bond donors (Lipinski definition) is 2. The first-order valence-corrected chi connectivity index (χ1v) is 10.3. The number of halogens is 1. The van der Waals surface area contributed by atoms with Crippen LogP contribution in [-0.4, -0.2) is 45.4 Å². The lowest BCUT2D eigenvalue weighted by Crippen LogP contribution is -2.38. The number of nitrogens with one attached hydrogen (secondary N) is 2. The van der Waals surface area contributed by atoms with E-state index in [1.807, 2.05) is 18.2 Å². The van der Waals surface area contributed by atoms with Crippen molar-refractivity contribution in [2.75, 3.05) is 44.3 Å². The molecule has 1 fully saturated rings. The molecule has 6 heteroatoms. The van der Waals surface area contributed by atoms with Crippen LogP contribution < -0.4 is 15.5 Å². The number of ether oxygens (including phenoxy) is 1. The van der Waals surface area contributed by atoms with Gasteiger partial charge < -0.3 is 20.3 Å². The second-order valence-electron chi connectivity index (χ2n) is 6.73. The van der Waals surface area contributed by atoms with E-state index in [4.69, 9.17) is 21.3 Å². The highest BCUT2D eigenvalue weighted by Gasteiger charge is 2.10. The highest BCUT2D eigenvalue weighted by Crippen LogP contribution is 2.17. The van der Waals surface area contributed by atoms with Crippen LogP contribution in [0.2, 0.25) is 5.02 Å². The summed E-state index contributed by atoms with van der Waals surface area (Å²) in [5, 5.41) is 7.50.